The fraction of sp³-hybridized carbons (Fsp3) is 0.333. The Morgan fingerprint density at radius 2 is 1.70 bits per heavy atom. The Labute approximate surface area is 192 Å². The van der Waals surface area contributed by atoms with Gasteiger partial charge in [0.25, 0.3) is 5.91 Å². The molecule has 2 fully saturated rings. The summed E-state index contributed by atoms with van der Waals surface area (Å²) in [5.41, 5.74) is 7.04. The van der Waals surface area contributed by atoms with Crippen molar-refractivity contribution >= 4 is 35.1 Å². The molecule has 33 heavy (non-hydrogen) atoms. The molecule has 9 nitrogen and oxygen atoms in total. The molecule has 2 aromatic rings. The fourth-order valence-corrected chi connectivity index (χ4v) is 4.27. The van der Waals surface area contributed by atoms with Crippen molar-refractivity contribution in [3.05, 3.63) is 60.2 Å². The smallest absolute Gasteiger partial charge is 0.307 e. The number of anilines is 2. The first-order valence-corrected chi connectivity index (χ1v) is 11.0. The largest absolute Gasteiger partial charge is 0.337 e. The highest BCUT2D eigenvalue weighted by atomic mass is 16.2. The molecule has 0 saturated carbocycles. The summed E-state index contributed by atoms with van der Waals surface area (Å²) in [7, 11) is 0. The number of imide groups is 1. The number of carbonyl (C=O) groups is 4. The number of carbonyl (C=O) groups excluding carboxylic acids is 4. The van der Waals surface area contributed by atoms with E-state index in [0.29, 0.717) is 30.9 Å². The number of nitrogens with zero attached hydrogens (tertiary/aromatic N) is 2. The first-order valence-electron chi connectivity index (χ1n) is 11.0. The van der Waals surface area contributed by atoms with Gasteiger partial charge in [-0.15, -0.1) is 0 Å². The molecule has 2 atom stereocenters. The number of aryl methyl sites for hydroxylation is 1. The third-order valence-electron chi connectivity index (χ3n) is 6.01. The minimum atomic E-state index is -0.580. The molecule has 0 bridgehead atoms. The van der Waals surface area contributed by atoms with Crippen molar-refractivity contribution in [3.63, 3.8) is 0 Å². The molecule has 4 rings (SSSR count). The maximum absolute atomic E-state index is 13.1. The molecule has 0 radical (unpaired) electrons. The van der Waals surface area contributed by atoms with Crippen LogP contribution in [0.3, 0.4) is 0 Å². The number of urea groups is 1. The van der Waals surface area contributed by atoms with Gasteiger partial charge in [0.15, 0.2) is 0 Å². The summed E-state index contributed by atoms with van der Waals surface area (Å²) in [6.45, 7) is 2.93. The van der Waals surface area contributed by atoms with Crippen LogP contribution in [0.5, 0.6) is 0 Å². The average Bonchev–Trinajstić information content (AvgIpc) is 3.12. The lowest BCUT2D eigenvalue weighted by atomic mass is 9.95. The minimum Gasteiger partial charge on any atom is -0.307 e. The van der Waals surface area contributed by atoms with Crippen LogP contribution in [0.4, 0.5) is 16.2 Å². The van der Waals surface area contributed by atoms with E-state index in [0.717, 1.165) is 12.0 Å². The molecule has 172 valence electrons. The normalized spacial score (nSPS) is 21.1. The Morgan fingerprint density at radius 3 is 2.42 bits per heavy atom. The van der Waals surface area contributed by atoms with Gasteiger partial charge < -0.3 is 5.32 Å². The van der Waals surface area contributed by atoms with Crippen molar-refractivity contribution in [2.75, 3.05) is 23.3 Å². The van der Waals surface area contributed by atoms with Crippen LogP contribution in [0.2, 0.25) is 0 Å². The van der Waals surface area contributed by atoms with Crippen LogP contribution in [0.15, 0.2) is 54.6 Å². The van der Waals surface area contributed by atoms with Crippen molar-refractivity contribution in [2.45, 2.75) is 32.2 Å². The fourth-order valence-electron chi connectivity index (χ4n) is 4.27. The first-order chi connectivity index (χ1) is 15.9. The number of piperidine rings is 1. The van der Waals surface area contributed by atoms with Gasteiger partial charge in [0, 0.05) is 12.2 Å². The van der Waals surface area contributed by atoms with Gasteiger partial charge in [-0.1, -0.05) is 35.9 Å². The summed E-state index contributed by atoms with van der Waals surface area (Å²) < 4.78 is 0. The number of nitrogens with one attached hydrogen (secondary N) is 3. The first kappa shape index (κ1) is 22.5. The van der Waals surface area contributed by atoms with Crippen molar-refractivity contribution in [1.29, 1.82) is 0 Å². The van der Waals surface area contributed by atoms with E-state index in [1.54, 1.807) is 36.4 Å². The summed E-state index contributed by atoms with van der Waals surface area (Å²) >= 11 is 0. The molecule has 2 heterocycles. The highest BCUT2D eigenvalue weighted by Gasteiger charge is 2.44. The van der Waals surface area contributed by atoms with E-state index in [4.69, 9.17) is 0 Å². The molecular formula is C24H27N5O4. The van der Waals surface area contributed by atoms with E-state index in [1.807, 2.05) is 30.0 Å². The number of benzene rings is 2. The average molecular weight is 450 g/mol. The van der Waals surface area contributed by atoms with Gasteiger partial charge in [-0.05, 0) is 50.6 Å². The highest BCUT2D eigenvalue weighted by Crippen LogP contribution is 2.29. The van der Waals surface area contributed by atoms with Gasteiger partial charge in [0.2, 0.25) is 11.8 Å². The van der Waals surface area contributed by atoms with Gasteiger partial charge >= 0.3 is 6.03 Å². The summed E-state index contributed by atoms with van der Waals surface area (Å²) in [6.07, 6.45) is 1.45. The molecule has 0 aliphatic carbocycles. The van der Waals surface area contributed by atoms with Crippen LogP contribution >= 0.6 is 0 Å². The second-order valence-electron chi connectivity index (χ2n) is 8.39. The molecule has 5 amide bonds. The number of likely N-dealkylation sites (tertiary alicyclic amines) is 1. The van der Waals surface area contributed by atoms with E-state index < -0.39 is 18.0 Å². The van der Waals surface area contributed by atoms with Gasteiger partial charge in [-0.2, -0.15) is 0 Å². The van der Waals surface area contributed by atoms with E-state index in [-0.39, 0.29) is 24.1 Å². The van der Waals surface area contributed by atoms with Crippen molar-refractivity contribution in [2.24, 2.45) is 5.92 Å². The van der Waals surface area contributed by atoms with Crippen molar-refractivity contribution in [1.82, 2.24) is 15.8 Å². The number of para-hydroxylation sites is 1. The molecule has 0 spiro atoms. The second-order valence-corrected chi connectivity index (χ2v) is 8.39. The van der Waals surface area contributed by atoms with Gasteiger partial charge in [0.05, 0.1) is 24.1 Å². The number of rotatable bonds is 4. The molecule has 2 aliphatic rings. The van der Waals surface area contributed by atoms with Crippen molar-refractivity contribution in [3.8, 4) is 0 Å². The molecular weight excluding hydrogens is 422 g/mol. The lowest BCUT2D eigenvalue weighted by molar-refractivity contribution is -0.130. The number of hydrazine groups is 1. The maximum Gasteiger partial charge on any atom is 0.337 e. The predicted octanol–water partition coefficient (Wildman–Crippen LogP) is 2.19. The Kier molecular flexibility index (Phi) is 6.69. The molecule has 3 N–H and O–H groups in total. The summed E-state index contributed by atoms with van der Waals surface area (Å²) in [5.74, 6) is -1.22. The van der Waals surface area contributed by atoms with Gasteiger partial charge in [-0.3, -0.25) is 24.7 Å². The number of hydrogen-bond donors (Lipinski definition) is 3. The van der Waals surface area contributed by atoms with Gasteiger partial charge in [-0.25, -0.2) is 15.1 Å². The van der Waals surface area contributed by atoms with E-state index in [2.05, 4.69) is 16.2 Å². The lowest BCUT2D eigenvalue weighted by Crippen LogP contribution is -2.52. The number of hydrogen-bond acceptors (Lipinski definition) is 5. The van der Waals surface area contributed by atoms with E-state index in [9.17, 15) is 19.2 Å². The number of amides is 5. The molecule has 0 aromatic heterocycles. The van der Waals surface area contributed by atoms with E-state index in [1.165, 1.54) is 4.90 Å². The molecule has 2 aromatic carbocycles. The molecule has 9 heteroatoms. The quantitative estimate of drug-likeness (QED) is 0.490. The standard InChI is InChI=1S/C24H27N5O4/c1-16-9-11-19(12-10-16)29-21(30)14-20(23(29)32)28-13-5-6-17(15-28)22(31)26-27-24(33)25-18-7-3-2-4-8-18/h2-4,7-12,17,20H,5-6,13-15H2,1H3,(H,26,31)(H2,25,27,33). The summed E-state index contributed by atoms with van der Waals surface area (Å²) in [5, 5.41) is 2.63. The van der Waals surface area contributed by atoms with E-state index >= 15 is 0 Å². The topological polar surface area (TPSA) is 111 Å². The summed E-state index contributed by atoms with van der Waals surface area (Å²) in [6, 6.07) is 15.0. The SMILES string of the molecule is Cc1ccc(N2C(=O)CC(N3CCCC(C(=O)NNC(=O)Nc4ccccc4)C3)C2=O)cc1. The zero-order chi connectivity index (χ0) is 23.4. The molecule has 2 aliphatic heterocycles. The highest BCUT2D eigenvalue weighted by molar-refractivity contribution is 6.22. The monoisotopic (exact) mass is 449 g/mol. The Bertz CT molecular complexity index is 1040. The lowest BCUT2D eigenvalue weighted by Gasteiger charge is -2.34. The zero-order valence-corrected chi connectivity index (χ0v) is 18.4. The van der Waals surface area contributed by atoms with Crippen LogP contribution in [0.1, 0.15) is 24.8 Å². The van der Waals surface area contributed by atoms with Gasteiger partial charge in [0.1, 0.15) is 0 Å². The summed E-state index contributed by atoms with van der Waals surface area (Å²) in [4.78, 5) is 53.5. The second kappa shape index (κ2) is 9.83. The van der Waals surface area contributed by atoms with Crippen molar-refractivity contribution < 1.29 is 19.2 Å². The molecule has 2 saturated heterocycles. The minimum absolute atomic E-state index is 0.0960. The maximum atomic E-state index is 13.1. The van der Waals surface area contributed by atoms with Crippen LogP contribution in [-0.4, -0.2) is 47.8 Å². The van der Waals surface area contributed by atoms with Crippen LogP contribution in [-0.2, 0) is 14.4 Å². The Morgan fingerprint density at radius 1 is 0.970 bits per heavy atom. The third kappa shape index (κ3) is 5.20. The zero-order valence-electron chi connectivity index (χ0n) is 18.4. The Balaban J connectivity index is 1.32. The van der Waals surface area contributed by atoms with Crippen LogP contribution in [0.25, 0.3) is 0 Å². The van der Waals surface area contributed by atoms with Crippen LogP contribution < -0.4 is 21.1 Å². The third-order valence-corrected chi connectivity index (χ3v) is 6.01. The predicted molar refractivity (Wildman–Crippen MR) is 123 cm³/mol. The molecule has 2 unspecified atom stereocenters. The van der Waals surface area contributed by atoms with Crippen LogP contribution in [0, 0.1) is 12.8 Å². The Hall–Kier alpha value is -3.72.